The minimum Gasteiger partial charge on any atom is -0.497 e. The molecule has 0 aliphatic heterocycles. The predicted octanol–water partition coefficient (Wildman–Crippen LogP) is 4.18. The number of ether oxygens (including phenoxy) is 3. The molecule has 8 nitrogen and oxygen atoms in total. The lowest BCUT2D eigenvalue weighted by molar-refractivity contribution is -0.118. The number of methoxy groups -OCH3 is 2. The van der Waals surface area contributed by atoms with Crippen LogP contribution in [0.15, 0.2) is 71.6 Å². The van der Waals surface area contributed by atoms with Crippen LogP contribution in [-0.4, -0.2) is 35.2 Å². The van der Waals surface area contributed by atoms with Crippen LogP contribution >= 0.6 is 11.6 Å². The van der Waals surface area contributed by atoms with Gasteiger partial charge in [0.05, 0.1) is 24.8 Å². The summed E-state index contributed by atoms with van der Waals surface area (Å²) >= 11 is 5.95. The molecule has 0 fully saturated rings. The summed E-state index contributed by atoms with van der Waals surface area (Å²) in [5.41, 5.74) is 0.818. The first kappa shape index (κ1) is 23.2. The normalized spacial score (nSPS) is 10.8. The second-order valence-corrected chi connectivity index (χ2v) is 8.61. The van der Waals surface area contributed by atoms with E-state index in [1.54, 1.807) is 42.5 Å². The summed E-state index contributed by atoms with van der Waals surface area (Å²) in [5.74, 6) is 0.985. The number of hydrogen-bond donors (Lipinski definition) is 2. The molecule has 0 aliphatic rings. The Morgan fingerprint density at radius 1 is 0.906 bits per heavy atom. The maximum absolute atomic E-state index is 12.6. The van der Waals surface area contributed by atoms with E-state index in [-0.39, 0.29) is 11.5 Å². The van der Waals surface area contributed by atoms with E-state index in [0.717, 1.165) is 0 Å². The molecule has 3 rings (SSSR count). The van der Waals surface area contributed by atoms with E-state index in [0.29, 0.717) is 33.6 Å². The van der Waals surface area contributed by atoms with Gasteiger partial charge in [-0.15, -0.1) is 0 Å². The molecule has 10 heteroatoms. The van der Waals surface area contributed by atoms with E-state index < -0.39 is 15.9 Å². The van der Waals surface area contributed by atoms with Gasteiger partial charge in [-0.1, -0.05) is 11.6 Å². The van der Waals surface area contributed by atoms with Gasteiger partial charge in [0.1, 0.15) is 17.2 Å². The van der Waals surface area contributed by atoms with E-state index in [1.165, 1.54) is 38.5 Å². The zero-order chi connectivity index (χ0) is 23.1. The molecule has 32 heavy (non-hydrogen) atoms. The highest BCUT2D eigenvalue weighted by molar-refractivity contribution is 7.92. The van der Waals surface area contributed by atoms with Crippen LogP contribution in [0.25, 0.3) is 0 Å². The molecule has 1 amide bonds. The third-order valence-electron chi connectivity index (χ3n) is 4.28. The Hall–Kier alpha value is -3.43. The van der Waals surface area contributed by atoms with Gasteiger partial charge < -0.3 is 19.5 Å². The fourth-order valence-corrected chi connectivity index (χ4v) is 3.93. The van der Waals surface area contributed by atoms with Crippen LogP contribution in [-0.2, 0) is 14.8 Å². The molecule has 0 heterocycles. The SMILES string of the molecule is COc1ccc(NS(=O)(=O)c2ccc(OCC(=O)Nc3cc(Cl)ccc3OC)cc2)cc1. The Balaban J connectivity index is 1.59. The van der Waals surface area contributed by atoms with Crippen molar-refractivity contribution in [2.45, 2.75) is 4.90 Å². The summed E-state index contributed by atoms with van der Waals surface area (Å²) in [6, 6.07) is 17.1. The Morgan fingerprint density at radius 2 is 1.56 bits per heavy atom. The summed E-state index contributed by atoms with van der Waals surface area (Å²) in [5, 5.41) is 3.10. The van der Waals surface area contributed by atoms with Gasteiger partial charge in [0.2, 0.25) is 0 Å². The van der Waals surface area contributed by atoms with Gasteiger partial charge in [-0.25, -0.2) is 8.42 Å². The van der Waals surface area contributed by atoms with Gasteiger partial charge in [0.25, 0.3) is 15.9 Å². The molecule has 0 radical (unpaired) electrons. The molecule has 0 unspecified atom stereocenters. The summed E-state index contributed by atoms with van der Waals surface area (Å²) in [6.45, 7) is -0.286. The Bertz CT molecular complexity index is 1180. The third kappa shape index (κ3) is 6.05. The molecule has 0 bridgehead atoms. The minimum atomic E-state index is -3.79. The fourth-order valence-electron chi connectivity index (χ4n) is 2.70. The number of halogens is 1. The van der Waals surface area contributed by atoms with Crippen LogP contribution in [0, 0.1) is 0 Å². The monoisotopic (exact) mass is 476 g/mol. The number of anilines is 2. The second kappa shape index (κ2) is 10.3. The van der Waals surface area contributed by atoms with Crippen molar-refractivity contribution in [2.24, 2.45) is 0 Å². The van der Waals surface area contributed by atoms with Crippen molar-refractivity contribution >= 4 is 38.9 Å². The smallest absolute Gasteiger partial charge is 0.262 e. The third-order valence-corrected chi connectivity index (χ3v) is 5.91. The molecular weight excluding hydrogens is 456 g/mol. The van der Waals surface area contributed by atoms with Crippen LogP contribution in [0.2, 0.25) is 5.02 Å². The van der Waals surface area contributed by atoms with Crippen LogP contribution in [0.1, 0.15) is 0 Å². The number of sulfonamides is 1. The average Bonchev–Trinajstić information content (AvgIpc) is 2.78. The number of rotatable bonds is 9. The van der Waals surface area contributed by atoms with Crippen LogP contribution in [0.3, 0.4) is 0 Å². The van der Waals surface area contributed by atoms with Crippen molar-refractivity contribution in [3.63, 3.8) is 0 Å². The van der Waals surface area contributed by atoms with E-state index >= 15 is 0 Å². The predicted molar refractivity (Wildman–Crippen MR) is 122 cm³/mol. The summed E-state index contributed by atoms with van der Waals surface area (Å²) in [4.78, 5) is 12.2. The van der Waals surface area contributed by atoms with Crippen LogP contribution in [0.4, 0.5) is 11.4 Å². The molecule has 2 N–H and O–H groups in total. The molecule has 0 atom stereocenters. The Labute approximate surface area is 191 Å². The maximum Gasteiger partial charge on any atom is 0.262 e. The van der Waals surface area contributed by atoms with E-state index in [4.69, 9.17) is 25.8 Å². The van der Waals surface area contributed by atoms with Gasteiger partial charge in [-0.05, 0) is 66.7 Å². The van der Waals surface area contributed by atoms with Gasteiger partial charge in [-0.3, -0.25) is 9.52 Å². The number of nitrogens with one attached hydrogen (secondary N) is 2. The van der Waals surface area contributed by atoms with Crippen LogP contribution in [0.5, 0.6) is 17.2 Å². The second-order valence-electron chi connectivity index (χ2n) is 6.49. The first-order valence-corrected chi connectivity index (χ1v) is 11.2. The molecule has 0 aromatic heterocycles. The molecule has 168 valence electrons. The molecule has 3 aromatic carbocycles. The number of benzene rings is 3. The number of hydrogen-bond acceptors (Lipinski definition) is 6. The zero-order valence-corrected chi connectivity index (χ0v) is 18.9. The molecule has 0 aliphatic carbocycles. The van der Waals surface area contributed by atoms with E-state index in [9.17, 15) is 13.2 Å². The topological polar surface area (TPSA) is 103 Å². The lowest BCUT2D eigenvalue weighted by Gasteiger charge is -2.12. The number of carbonyl (C=O) groups excluding carboxylic acids is 1. The van der Waals surface area contributed by atoms with Gasteiger partial charge in [0, 0.05) is 10.7 Å². The quantitative estimate of drug-likeness (QED) is 0.480. The zero-order valence-electron chi connectivity index (χ0n) is 17.3. The van der Waals surface area contributed by atoms with Crippen molar-refractivity contribution in [1.82, 2.24) is 0 Å². The molecule has 0 saturated carbocycles. The van der Waals surface area contributed by atoms with Crippen molar-refractivity contribution in [2.75, 3.05) is 30.9 Å². The van der Waals surface area contributed by atoms with Crippen molar-refractivity contribution in [1.29, 1.82) is 0 Å². The summed E-state index contributed by atoms with van der Waals surface area (Å²) in [7, 11) is -0.776. The van der Waals surface area contributed by atoms with Crippen molar-refractivity contribution < 1.29 is 27.4 Å². The highest BCUT2D eigenvalue weighted by Gasteiger charge is 2.15. The van der Waals surface area contributed by atoms with Gasteiger partial charge in [-0.2, -0.15) is 0 Å². The molecular formula is C22H21ClN2O6S. The summed E-state index contributed by atoms with van der Waals surface area (Å²) < 4.78 is 43.3. The first-order valence-electron chi connectivity index (χ1n) is 9.34. The highest BCUT2D eigenvalue weighted by atomic mass is 35.5. The minimum absolute atomic E-state index is 0.0498. The van der Waals surface area contributed by atoms with Crippen molar-refractivity contribution in [3.8, 4) is 17.2 Å². The Kier molecular flexibility index (Phi) is 7.45. The largest absolute Gasteiger partial charge is 0.497 e. The highest BCUT2D eigenvalue weighted by Crippen LogP contribution is 2.27. The first-order chi connectivity index (χ1) is 15.3. The van der Waals surface area contributed by atoms with E-state index in [1.807, 2.05) is 0 Å². The maximum atomic E-state index is 12.6. The number of carbonyl (C=O) groups is 1. The van der Waals surface area contributed by atoms with Gasteiger partial charge >= 0.3 is 0 Å². The molecule has 0 saturated heterocycles. The summed E-state index contributed by atoms with van der Waals surface area (Å²) in [6.07, 6.45) is 0. The average molecular weight is 477 g/mol. The van der Waals surface area contributed by atoms with Crippen LogP contribution < -0.4 is 24.2 Å². The van der Waals surface area contributed by atoms with Gasteiger partial charge in [0.15, 0.2) is 6.61 Å². The number of amides is 1. The fraction of sp³-hybridized carbons (Fsp3) is 0.136. The Morgan fingerprint density at radius 3 is 2.19 bits per heavy atom. The van der Waals surface area contributed by atoms with Crippen molar-refractivity contribution in [3.05, 3.63) is 71.8 Å². The lowest BCUT2D eigenvalue weighted by atomic mass is 10.3. The lowest BCUT2D eigenvalue weighted by Crippen LogP contribution is -2.20. The standard InChI is InChI=1S/C22H21ClN2O6S/c1-29-17-6-4-16(5-7-17)25-32(27,28)19-10-8-18(9-11-19)31-14-22(26)24-20-13-15(23)3-12-21(20)30-2/h3-13,25H,14H2,1-2H3,(H,24,26). The van der Waals surface area contributed by atoms with E-state index in [2.05, 4.69) is 10.0 Å². The molecule has 0 spiro atoms. The molecule has 3 aromatic rings.